The average Bonchev–Trinajstić information content (AvgIpc) is 2.13. The Hall–Kier alpha value is -1.08. The first-order valence-electron chi connectivity index (χ1n) is 6.03. The van der Waals surface area contributed by atoms with E-state index in [1.54, 1.807) is 45.9 Å². The Morgan fingerprint density at radius 1 is 1.00 bits per heavy atom. The van der Waals surface area contributed by atoms with Gasteiger partial charge in [0.15, 0.2) is 0 Å². The van der Waals surface area contributed by atoms with E-state index in [-0.39, 0.29) is 0 Å². The third-order valence-electron chi connectivity index (χ3n) is 3.02. The molecular formula is C13H24BNO4. The highest BCUT2D eigenvalue weighted by atomic mass is 16.4. The molecule has 0 aliphatic carbocycles. The summed E-state index contributed by atoms with van der Waals surface area (Å²) in [5.74, 6) is 0. The molecule has 0 bridgehead atoms. The molecular weight excluding hydrogens is 245 g/mol. The molecule has 0 saturated heterocycles. The van der Waals surface area contributed by atoms with Gasteiger partial charge in [-0.2, -0.15) is 0 Å². The summed E-state index contributed by atoms with van der Waals surface area (Å²) in [7, 11) is -1.48. The summed E-state index contributed by atoms with van der Waals surface area (Å²) < 4.78 is 0. The van der Waals surface area contributed by atoms with Crippen molar-refractivity contribution in [1.82, 2.24) is 0 Å². The van der Waals surface area contributed by atoms with E-state index in [1.165, 1.54) is 0 Å². The standard InChI is InChI=1S/C7H10BNO2.C6H14O2/c1-5-2-3-6(8(10)11)7(9)4-5;1-5(2,7)6(3,4)8/h2-4,10-11H,9H2,1H3;7-8H,1-4H3. The number of anilines is 1. The fourth-order valence-electron chi connectivity index (χ4n) is 0.929. The van der Waals surface area contributed by atoms with Crippen molar-refractivity contribution in [2.75, 3.05) is 5.73 Å². The molecule has 5 nitrogen and oxygen atoms in total. The van der Waals surface area contributed by atoms with Crippen LogP contribution < -0.4 is 11.2 Å². The number of rotatable bonds is 2. The Labute approximate surface area is 114 Å². The summed E-state index contributed by atoms with van der Waals surface area (Å²) in [6, 6.07) is 5.09. The monoisotopic (exact) mass is 269 g/mol. The molecule has 0 unspecified atom stereocenters. The Kier molecular flexibility index (Phi) is 6.02. The highest BCUT2D eigenvalue weighted by molar-refractivity contribution is 6.60. The van der Waals surface area contributed by atoms with E-state index >= 15 is 0 Å². The number of benzene rings is 1. The third-order valence-corrected chi connectivity index (χ3v) is 3.02. The van der Waals surface area contributed by atoms with Crippen molar-refractivity contribution >= 4 is 18.3 Å². The molecule has 6 heteroatoms. The van der Waals surface area contributed by atoms with Crippen molar-refractivity contribution in [3.8, 4) is 0 Å². The van der Waals surface area contributed by atoms with Gasteiger partial charge in [-0.1, -0.05) is 12.1 Å². The lowest BCUT2D eigenvalue weighted by atomic mass is 9.79. The molecule has 0 aliphatic heterocycles. The number of hydrogen-bond donors (Lipinski definition) is 5. The molecule has 0 atom stereocenters. The van der Waals surface area contributed by atoms with Crippen molar-refractivity contribution in [3.63, 3.8) is 0 Å². The fourth-order valence-corrected chi connectivity index (χ4v) is 0.929. The molecule has 0 saturated carbocycles. The average molecular weight is 269 g/mol. The number of hydrogen-bond acceptors (Lipinski definition) is 5. The van der Waals surface area contributed by atoms with Gasteiger partial charge in [0.05, 0.1) is 11.2 Å². The van der Waals surface area contributed by atoms with Crippen LogP contribution in [0.4, 0.5) is 5.69 Å². The lowest BCUT2D eigenvalue weighted by molar-refractivity contribution is -0.107. The molecule has 1 aromatic rings. The van der Waals surface area contributed by atoms with Crippen molar-refractivity contribution in [3.05, 3.63) is 23.8 Å². The molecule has 0 amide bonds. The second-order valence-electron chi connectivity index (χ2n) is 5.62. The van der Waals surface area contributed by atoms with Crippen LogP contribution in [-0.2, 0) is 0 Å². The molecule has 0 radical (unpaired) electrons. The van der Waals surface area contributed by atoms with Gasteiger partial charge in [-0.15, -0.1) is 0 Å². The second-order valence-corrected chi connectivity index (χ2v) is 5.62. The van der Waals surface area contributed by atoms with Gasteiger partial charge in [-0.3, -0.25) is 0 Å². The van der Waals surface area contributed by atoms with Gasteiger partial charge in [0.2, 0.25) is 0 Å². The Bertz CT molecular complexity index is 396. The summed E-state index contributed by atoms with van der Waals surface area (Å²) in [5.41, 5.74) is 5.27. The molecule has 0 aromatic heterocycles. The van der Waals surface area contributed by atoms with E-state index in [9.17, 15) is 0 Å². The summed E-state index contributed by atoms with van der Waals surface area (Å²) in [4.78, 5) is 0. The highest BCUT2D eigenvalue weighted by Gasteiger charge is 2.31. The van der Waals surface area contributed by atoms with Crippen LogP contribution >= 0.6 is 0 Å². The Morgan fingerprint density at radius 3 is 1.68 bits per heavy atom. The first kappa shape index (κ1) is 17.9. The van der Waals surface area contributed by atoms with Crippen molar-refractivity contribution in [2.24, 2.45) is 0 Å². The zero-order valence-corrected chi connectivity index (χ0v) is 12.2. The number of nitrogen functional groups attached to an aromatic ring is 1. The maximum absolute atomic E-state index is 9.10. The highest BCUT2D eigenvalue weighted by Crippen LogP contribution is 2.19. The quantitative estimate of drug-likeness (QED) is 0.377. The Balaban J connectivity index is 0.000000362. The first-order valence-corrected chi connectivity index (χ1v) is 6.03. The number of aryl methyl sites for hydroxylation is 1. The van der Waals surface area contributed by atoms with Gasteiger partial charge in [-0.05, 0) is 46.2 Å². The van der Waals surface area contributed by atoms with Crippen LogP contribution in [0.15, 0.2) is 18.2 Å². The van der Waals surface area contributed by atoms with Crippen LogP contribution in [-0.4, -0.2) is 38.6 Å². The number of aliphatic hydroxyl groups is 2. The molecule has 1 aromatic carbocycles. The summed E-state index contributed by atoms with van der Waals surface area (Å²) >= 11 is 0. The number of nitrogens with two attached hydrogens (primary N) is 1. The minimum Gasteiger partial charge on any atom is -0.423 e. The minimum atomic E-state index is -1.48. The molecule has 6 N–H and O–H groups in total. The topological polar surface area (TPSA) is 107 Å². The minimum absolute atomic E-state index is 0.357. The first-order chi connectivity index (χ1) is 8.36. The van der Waals surface area contributed by atoms with Gasteiger partial charge < -0.3 is 26.0 Å². The largest absolute Gasteiger partial charge is 0.490 e. The van der Waals surface area contributed by atoms with E-state index in [0.717, 1.165) is 5.56 Å². The predicted molar refractivity (Wildman–Crippen MR) is 78.0 cm³/mol. The van der Waals surface area contributed by atoms with Crippen molar-refractivity contribution in [1.29, 1.82) is 0 Å². The van der Waals surface area contributed by atoms with E-state index in [0.29, 0.717) is 11.2 Å². The maximum atomic E-state index is 9.10. The lowest BCUT2D eigenvalue weighted by Gasteiger charge is -2.31. The molecule has 108 valence electrons. The maximum Gasteiger partial charge on any atom is 0.490 e. The molecule has 0 fully saturated rings. The molecule has 1 rings (SSSR count). The van der Waals surface area contributed by atoms with E-state index in [1.807, 2.05) is 6.92 Å². The van der Waals surface area contributed by atoms with Gasteiger partial charge in [0.1, 0.15) is 0 Å². The van der Waals surface area contributed by atoms with Gasteiger partial charge in [-0.25, -0.2) is 0 Å². The van der Waals surface area contributed by atoms with Crippen LogP contribution in [0.2, 0.25) is 0 Å². The van der Waals surface area contributed by atoms with Crippen molar-refractivity contribution in [2.45, 2.75) is 45.8 Å². The van der Waals surface area contributed by atoms with E-state index < -0.39 is 18.3 Å². The zero-order valence-electron chi connectivity index (χ0n) is 12.2. The van der Waals surface area contributed by atoms with Gasteiger partial charge in [0, 0.05) is 11.2 Å². The lowest BCUT2D eigenvalue weighted by Crippen LogP contribution is -2.44. The molecule has 0 heterocycles. The fraction of sp³-hybridized carbons (Fsp3) is 0.538. The van der Waals surface area contributed by atoms with E-state index in [2.05, 4.69) is 0 Å². The second kappa shape index (κ2) is 6.39. The van der Waals surface area contributed by atoms with Crippen LogP contribution in [0.25, 0.3) is 0 Å². The third kappa shape index (κ3) is 6.07. The normalized spacial score (nSPS) is 11.6. The summed E-state index contributed by atoms with van der Waals surface area (Å²) in [6.45, 7) is 8.20. The van der Waals surface area contributed by atoms with Gasteiger partial charge in [0.25, 0.3) is 0 Å². The summed E-state index contributed by atoms with van der Waals surface area (Å²) in [5, 5.41) is 35.8. The van der Waals surface area contributed by atoms with Crippen LogP contribution in [0, 0.1) is 6.92 Å². The van der Waals surface area contributed by atoms with Crippen LogP contribution in [0.3, 0.4) is 0 Å². The smallest absolute Gasteiger partial charge is 0.423 e. The predicted octanol–water partition coefficient (Wildman–Crippen LogP) is -0.215. The van der Waals surface area contributed by atoms with Crippen molar-refractivity contribution < 1.29 is 20.3 Å². The van der Waals surface area contributed by atoms with Gasteiger partial charge >= 0.3 is 7.12 Å². The molecule has 0 aliphatic rings. The zero-order chi connectivity index (χ0) is 15.4. The van der Waals surface area contributed by atoms with Crippen LogP contribution in [0.5, 0.6) is 0 Å². The van der Waals surface area contributed by atoms with E-state index in [4.69, 9.17) is 26.0 Å². The summed E-state index contributed by atoms with van der Waals surface area (Å²) in [6.07, 6.45) is 0. The van der Waals surface area contributed by atoms with Crippen LogP contribution in [0.1, 0.15) is 33.3 Å². The molecule has 0 spiro atoms. The SMILES string of the molecule is CC(C)(O)C(C)(C)O.Cc1ccc(B(O)O)c(N)c1. The Morgan fingerprint density at radius 2 is 1.42 bits per heavy atom. The molecule has 19 heavy (non-hydrogen) atoms.